The van der Waals surface area contributed by atoms with Gasteiger partial charge in [0.25, 0.3) is 0 Å². The number of anilines is 1. The Kier molecular flexibility index (Phi) is 3.85. The van der Waals surface area contributed by atoms with Crippen molar-refractivity contribution in [3.8, 4) is 0 Å². The third-order valence-corrected chi connectivity index (χ3v) is 4.01. The fourth-order valence-corrected chi connectivity index (χ4v) is 1.84. The summed E-state index contributed by atoms with van der Waals surface area (Å²) in [7, 11) is 2.12. The van der Waals surface area contributed by atoms with Crippen LogP contribution in [0.5, 0.6) is 0 Å². The Morgan fingerprint density at radius 1 is 1.44 bits per heavy atom. The van der Waals surface area contributed by atoms with Gasteiger partial charge in [-0.3, -0.25) is 0 Å². The van der Waals surface area contributed by atoms with Crippen LogP contribution in [0.2, 0.25) is 0 Å². The van der Waals surface area contributed by atoms with Gasteiger partial charge in [-0.15, -0.1) is 0 Å². The van der Waals surface area contributed by atoms with Crippen LogP contribution >= 0.6 is 0 Å². The minimum atomic E-state index is 0.114. The van der Waals surface area contributed by atoms with Crippen LogP contribution in [-0.2, 0) is 6.54 Å². The Labute approximate surface area is 110 Å². The molecule has 0 spiro atoms. The molecule has 1 aliphatic carbocycles. The molecule has 1 N–H and O–H groups in total. The molecule has 1 fully saturated rings. The second kappa shape index (κ2) is 5.22. The SMILES string of the molecule is CCC(C)(C)N(C)c1ncncc1CNC1CC1. The van der Waals surface area contributed by atoms with Gasteiger partial charge in [0.05, 0.1) is 0 Å². The topological polar surface area (TPSA) is 41.1 Å². The lowest BCUT2D eigenvalue weighted by molar-refractivity contribution is 0.465. The smallest absolute Gasteiger partial charge is 0.136 e. The van der Waals surface area contributed by atoms with Crippen LogP contribution in [0.3, 0.4) is 0 Å². The summed E-state index contributed by atoms with van der Waals surface area (Å²) in [6.45, 7) is 7.56. The van der Waals surface area contributed by atoms with Gasteiger partial charge < -0.3 is 10.2 Å². The van der Waals surface area contributed by atoms with Gasteiger partial charge in [-0.05, 0) is 33.1 Å². The monoisotopic (exact) mass is 248 g/mol. The van der Waals surface area contributed by atoms with E-state index in [0.717, 1.165) is 18.8 Å². The van der Waals surface area contributed by atoms with Crippen molar-refractivity contribution >= 4 is 5.82 Å². The summed E-state index contributed by atoms with van der Waals surface area (Å²) in [6.07, 6.45) is 7.26. The lowest BCUT2D eigenvalue weighted by Gasteiger charge is -2.36. The van der Waals surface area contributed by atoms with Gasteiger partial charge in [-0.25, -0.2) is 9.97 Å². The average Bonchev–Trinajstić information content (AvgIpc) is 3.20. The number of hydrogen-bond donors (Lipinski definition) is 1. The highest BCUT2D eigenvalue weighted by Gasteiger charge is 2.25. The Bertz CT molecular complexity index is 399. The highest BCUT2D eigenvalue weighted by Crippen LogP contribution is 2.26. The first-order valence-electron chi connectivity index (χ1n) is 6.80. The van der Waals surface area contributed by atoms with Crippen molar-refractivity contribution in [2.24, 2.45) is 0 Å². The molecule has 2 rings (SSSR count). The van der Waals surface area contributed by atoms with Crippen molar-refractivity contribution in [2.75, 3.05) is 11.9 Å². The van der Waals surface area contributed by atoms with E-state index < -0.39 is 0 Å². The largest absolute Gasteiger partial charge is 0.354 e. The molecule has 0 saturated heterocycles. The van der Waals surface area contributed by atoms with E-state index in [1.165, 1.54) is 18.4 Å². The summed E-state index contributed by atoms with van der Waals surface area (Å²) in [5, 5.41) is 3.53. The second-order valence-electron chi connectivity index (χ2n) is 5.75. The summed E-state index contributed by atoms with van der Waals surface area (Å²) in [5.41, 5.74) is 1.30. The van der Waals surface area contributed by atoms with Crippen LogP contribution in [0.15, 0.2) is 12.5 Å². The van der Waals surface area contributed by atoms with Crippen molar-refractivity contribution in [3.63, 3.8) is 0 Å². The van der Waals surface area contributed by atoms with E-state index in [2.05, 4.69) is 48.0 Å². The minimum Gasteiger partial charge on any atom is -0.354 e. The molecule has 4 heteroatoms. The molecule has 1 aromatic heterocycles. The zero-order valence-electron chi connectivity index (χ0n) is 11.9. The van der Waals surface area contributed by atoms with Crippen LogP contribution in [0.4, 0.5) is 5.82 Å². The Morgan fingerprint density at radius 2 is 2.17 bits per heavy atom. The molecule has 1 aromatic rings. The summed E-state index contributed by atoms with van der Waals surface area (Å²) in [4.78, 5) is 10.9. The fourth-order valence-electron chi connectivity index (χ4n) is 1.84. The zero-order chi connectivity index (χ0) is 13.2. The van der Waals surface area contributed by atoms with E-state index in [1.54, 1.807) is 6.33 Å². The van der Waals surface area contributed by atoms with Crippen molar-refractivity contribution < 1.29 is 0 Å². The molecule has 0 amide bonds. The molecule has 18 heavy (non-hydrogen) atoms. The first-order valence-corrected chi connectivity index (χ1v) is 6.80. The molecule has 100 valence electrons. The van der Waals surface area contributed by atoms with Crippen LogP contribution in [-0.4, -0.2) is 28.6 Å². The van der Waals surface area contributed by atoms with Gasteiger partial charge in [0.2, 0.25) is 0 Å². The van der Waals surface area contributed by atoms with Crippen LogP contribution in [0.1, 0.15) is 45.6 Å². The second-order valence-corrected chi connectivity index (χ2v) is 5.75. The van der Waals surface area contributed by atoms with Crippen LogP contribution in [0.25, 0.3) is 0 Å². The normalized spacial score (nSPS) is 15.8. The third kappa shape index (κ3) is 2.99. The maximum absolute atomic E-state index is 4.47. The maximum atomic E-state index is 4.47. The van der Waals surface area contributed by atoms with Crippen molar-refractivity contribution in [1.82, 2.24) is 15.3 Å². The van der Waals surface area contributed by atoms with Gasteiger partial charge in [-0.2, -0.15) is 0 Å². The predicted octanol–water partition coefficient (Wildman–Crippen LogP) is 2.35. The van der Waals surface area contributed by atoms with E-state index in [0.29, 0.717) is 6.04 Å². The molecule has 1 saturated carbocycles. The standard InChI is InChI=1S/C14H24N4/c1-5-14(2,3)18(4)13-11(8-15-10-17-13)9-16-12-6-7-12/h8,10,12,16H,5-7,9H2,1-4H3. The third-order valence-electron chi connectivity index (χ3n) is 4.01. The van der Waals surface area contributed by atoms with Crippen LogP contribution in [0, 0.1) is 0 Å². The number of nitrogens with zero attached hydrogens (tertiary/aromatic N) is 3. The molecule has 0 unspecified atom stereocenters. The highest BCUT2D eigenvalue weighted by molar-refractivity contribution is 5.47. The molecule has 1 heterocycles. The molecule has 0 aromatic carbocycles. The van der Waals surface area contributed by atoms with Gasteiger partial charge in [0.1, 0.15) is 12.1 Å². The molecule has 0 atom stereocenters. The summed E-state index contributed by atoms with van der Waals surface area (Å²) < 4.78 is 0. The lowest BCUT2D eigenvalue weighted by Crippen LogP contribution is -2.41. The molecule has 0 aliphatic heterocycles. The Morgan fingerprint density at radius 3 is 2.78 bits per heavy atom. The molecule has 1 aliphatic rings. The quantitative estimate of drug-likeness (QED) is 0.839. The average molecular weight is 248 g/mol. The van der Waals surface area contributed by atoms with E-state index in [-0.39, 0.29) is 5.54 Å². The number of aromatic nitrogens is 2. The fraction of sp³-hybridized carbons (Fsp3) is 0.714. The molecule has 0 bridgehead atoms. The van der Waals surface area contributed by atoms with Crippen molar-refractivity contribution in [2.45, 2.75) is 58.2 Å². The lowest BCUT2D eigenvalue weighted by atomic mass is 9.99. The molecular weight excluding hydrogens is 224 g/mol. The van der Waals surface area contributed by atoms with Gasteiger partial charge in [0.15, 0.2) is 0 Å². The first kappa shape index (κ1) is 13.3. The van der Waals surface area contributed by atoms with E-state index >= 15 is 0 Å². The van der Waals surface area contributed by atoms with Gasteiger partial charge in [-0.1, -0.05) is 6.92 Å². The van der Waals surface area contributed by atoms with Gasteiger partial charge >= 0.3 is 0 Å². The molecule has 0 radical (unpaired) electrons. The van der Waals surface area contributed by atoms with E-state index in [4.69, 9.17) is 0 Å². The van der Waals surface area contributed by atoms with Crippen LogP contribution < -0.4 is 10.2 Å². The Hall–Kier alpha value is -1.16. The zero-order valence-corrected chi connectivity index (χ0v) is 11.9. The summed E-state index contributed by atoms with van der Waals surface area (Å²) >= 11 is 0. The summed E-state index contributed by atoms with van der Waals surface area (Å²) in [6, 6.07) is 0.711. The van der Waals surface area contributed by atoms with Crippen molar-refractivity contribution in [1.29, 1.82) is 0 Å². The molecule has 4 nitrogen and oxygen atoms in total. The minimum absolute atomic E-state index is 0.114. The van der Waals surface area contributed by atoms with E-state index in [1.807, 2.05) is 6.20 Å². The van der Waals surface area contributed by atoms with E-state index in [9.17, 15) is 0 Å². The maximum Gasteiger partial charge on any atom is 0.136 e. The number of nitrogens with one attached hydrogen (secondary N) is 1. The predicted molar refractivity (Wildman–Crippen MR) is 74.7 cm³/mol. The number of hydrogen-bond acceptors (Lipinski definition) is 4. The summed E-state index contributed by atoms with van der Waals surface area (Å²) in [5.74, 6) is 1.05. The highest BCUT2D eigenvalue weighted by atomic mass is 15.2. The van der Waals surface area contributed by atoms with Gasteiger partial charge in [0, 0.05) is 36.9 Å². The number of rotatable bonds is 6. The van der Waals surface area contributed by atoms with Crippen molar-refractivity contribution in [3.05, 3.63) is 18.1 Å². The Balaban J connectivity index is 2.14. The first-order chi connectivity index (χ1) is 8.54. The molecular formula is C14H24N4.